The third kappa shape index (κ3) is 4.23. The molecular formula is C12H21N3O2. The average Bonchev–Trinajstić information content (AvgIpc) is 2.18. The second-order valence-electron chi connectivity index (χ2n) is 5.50. The maximum atomic E-state index is 11.8. The van der Waals surface area contributed by atoms with Gasteiger partial charge >= 0.3 is 6.09 Å². The van der Waals surface area contributed by atoms with E-state index in [1.54, 1.807) is 4.90 Å². The van der Waals surface area contributed by atoms with Crippen LogP contribution in [0.4, 0.5) is 4.79 Å². The summed E-state index contributed by atoms with van der Waals surface area (Å²) in [5, 5.41) is 8.65. The van der Waals surface area contributed by atoms with E-state index in [1.807, 2.05) is 20.8 Å². The summed E-state index contributed by atoms with van der Waals surface area (Å²) in [5.74, 6) is 0.193. The molecule has 1 aliphatic heterocycles. The third-order valence-electron chi connectivity index (χ3n) is 2.81. The van der Waals surface area contributed by atoms with Crippen LogP contribution in [0.1, 0.15) is 33.6 Å². The van der Waals surface area contributed by atoms with Gasteiger partial charge in [-0.2, -0.15) is 5.26 Å². The van der Waals surface area contributed by atoms with Gasteiger partial charge in [-0.25, -0.2) is 4.79 Å². The molecule has 0 radical (unpaired) electrons. The van der Waals surface area contributed by atoms with Crippen molar-refractivity contribution in [1.82, 2.24) is 4.90 Å². The second kappa shape index (κ2) is 5.37. The number of ether oxygens (including phenoxy) is 1. The number of nitriles is 1. The molecule has 0 saturated carbocycles. The molecule has 96 valence electrons. The van der Waals surface area contributed by atoms with Crippen molar-refractivity contribution in [3.8, 4) is 6.07 Å². The van der Waals surface area contributed by atoms with Crippen LogP contribution in [-0.4, -0.2) is 35.7 Å². The van der Waals surface area contributed by atoms with Gasteiger partial charge < -0.3 is 15.4 Å². The van der Waals surface area contributed by atoms with E-state index >= 15 is 0 Å². The Bertz CT molecular complexity index is 317. The zero-order valence-corrected chi connectivity index (χ0v) is 10.8. The van der Waals surface area contributed by atoms with Crippen LogP contribution in [0, 0.1) is 17.2 Å². The summed E-state index contributed by atoms with van der Waals surface area (Å²) in [4.78, 5) is 13.4. The van der Waals surface area contributed by atoms with Crippen molar-refractivity contribution in [2.45, 2.75) is 45.3 Å². The molecule has 0 spiro atoms. The normalized spacial score (nSPS) is 25.2. The van der Waals surface area contributed by atoms with E-state index in [0.717, 1.165) is 6.42 Å². The lowest BCUT2D eigenvalue weighted by atomic mass is 9.90. The molecule has 0 bridgehead atoms. The van der Waals surface area contributed by atoms with Gasteiger partial charge in [0.1, 0.15) is 5.60 Å². The Hall–Kier alpha value is -1.28. The van der Waals surface area contributed by atoms with Crippen molar-refractivity contribution in [1.29, 1.82) is 5.26 Å². The number of carbonyl (C=O) groups excluding carboxylic acids is 1. The average molecular weight is 239 g/mol. The maximum Gasteiger partial charge on any atom is 0.410 e. The van der Waals surface area contributed by atoms with E-state index in [1.165, 1.54) is 0 Å². The standard InChI is InChI=1S/C12H21N3O2/c1-12(2,3)17-11(16)15-7-5-9(4-6-13)10(14)8-15/h9-10H,4-5,7-8,14H2,1-3H3/t9-,10+/m0/s1. The number of amides is 1. The van der Waals surface area contributed by atoms with Gasteiger partial charge in [0.15, 0.2) is 0 Å². The molecule has 5 heteroatoms. The molecule has 1 heterocycles. The highest BCUT2D eigenvalue weighted by atomic mass is 16.6. The lowest BCUT2D eigenvalue weighted by molar-refractivity contribution is 0.0162. The first-order valence-corrected chi connectivity index (χ1v) is 5.94. The Kier molecular flexibility index (Phi) is 4.35. The SMILES string of the molecule is CC(C)(C)OC(=O)N1CC[C@H](CC#N)[C@H](N)C1. The van der Waals surface area contributed by atoms with Gasteiger partial charge in [0.2, 0.25) is 0 Å². The lowest BCUT2D eigenvalue weighted by Gasteiger charge is -2.36. The zero-order valence-electron chi connectivity index (χ0n) is 10.8. The summed E-state index contributed by atoms with van der Waals surface area (Å²) in [6.07, 6.45) is 0.917. The maximum absolute atomic E-state index is 11.8. The number of carbonyl (C=O) groups is 1. The second-order valence-corrected chi connectivity index (χ2v) is 5.50. The molecule has 1 fully saturated rings. The Balaban J connectivity index is 2.50. The summed E-state index contributed by atoms with van der Waals surface area (Å²) >= 11 is 0. The number of rotatable bonds is 1. The zero-order chi connectivity index (χ0) is 13.1. The van der Waals surface area contributed by atoms with Crippen molar-refractivity contribution < 1.29 is 9.53 Å². The van der Waals surface area contributed by atoms with E-state index in [2.05, 4.69) is 6.07 Å². The summed E-state index contributed by atoms with van der Waals surface area (Å²) in [6, 6.07) is 2.01. The van der Waals surface area contributed by atoms with Crippen LogP contribution in [-0.2, 0) is 4.74 Å². The minimum absolute atomic E-state index is 0.129. The minimum atomic E-state index is -0.481. The summed E-state index contributed by atoms with van der Waals surface area (Å²) < 4.78 is 5.29. The lowest BCUT2D eigenvalue weighted by Crippen LogP contribution is -2.51. The number of nitrogens with two attached hydrogens (primary N) is 1. The molecule has 2 N–H and O–H groups in total. The van der Waals surface area contributed by atoms with Gasteiger partial charge in [0.05, 0.1) is 6.07 Å². The van der Waals surface area contributed by atoms with E-state index in [4.69, 9.17) is 15.7 Å². The van der Waals surface area contributed by atoms with E-state index < -0.39 is 5.60 Å². The molecule has 0 aromatic heterocycles. The molecular weight excluding hydrogens is 218 g/mol. The van der Waals surface area contributed by atoms with E-state index in [0.29, 0.717) is 19.5 Å². The van der Waals surface area contributed by atoms with Crippen molar-refractivity contribution in [3.05, 3.63) is 0 Å². The number of piperidine rings is 1. The summed E-state index contributed by atoms with van der Waals surface area (Å²) in [5.41, 5.74) is 5.47. The predicted molar refractivity (Wildman–Crippen MR) is 64.1 cm³/mol. The molecule has 1 saturated heterocycles. The first kappa shape index (κ1) is 13.8. The third-order valence-corrected chi connectivity index (χ3v) is 2.81. The fourth-order valence-electron chi connectivity index (χ4n) is 1.89. The highest BCUT2D eigenvalue weighted by Crippen LogP contribution is 2.21. The Labute approximate surface area is 103 Å². The van der Waals surface area contributed by atoms with Crippen molar-refractivity contribution in [2.24, 2.45) is 11.7 Å². The van der Waals surface area contributed by atoms with Gasteiger partial charge in [-0.1, -0.05) is 0 Å². The quantitative estimate of drug-likeness (QED) is 0.751. The Morgan fingerprint density at radius 2 is 2.24 bits per heavy atom. The van der Waals surface area contributed by atoms with Gasteiger partial charge in [0, 0.05) is 25.6 Å². The van der Waals surface area contributed by atoms with Gasteiger partial charge in [0.25, 0.3) is 0 Å². The Morgan fingerprint density at radius 3 is 2.71 bits per heavy atom. The molecule has 5 nitrogen and oxygen atoms in total. The van der Waals surface area contributed by atoms with Gasteiger partial charge in [-0.3, -0.25) is 0 Å². The van der Waals surface area contributed by atoms with Crippen LogP contribution in [0.25, 0.3) is 0 Å². The molecule has 1 rings (SSSR count). The monoisotopic (exact) mass is 239 g/mol. The summed E-state index contributed by atoms with van der Waals surface area (Å²) in [6.45, 7) is 6.62. The number of hydrogen-bond acceptors (Lipinski definition) is 4. The molecule has 0 aromatic carbocycles. The highest BCUT2D eigenvalue weighted by molar-refractivity contribution is 5.68. The van der Waals surface area contributed by atoms with Crippen molar-refractivity contribution >= 4 is 6.09 Å². The van der Waals surface area contributed by atoms with Crippen LogP contribution in [0.15, 0.2) is 0 Å². The molecule has 0 aliphatic carbocycles. The highest BCUT2D eigenvalue weighted by Gasteiger charge is 2.31. The van der Waals surface area contributed by atoms with Crippen LogP contribution in [0.5, 0.6) is 0 Å². The largest absolute Gasteiger partial charge is 0.444 e. The first-order chi connectivity index (χ1) is 7.83. The smallest absolute Gasteiger partial charge is 0.410 e. The van der Waals surface area contributed by atoms with Crippen LogP contribution >= 0.6 is 0 Å². The van der Waals surface area contributed by atoms with Crippen LogP contribution in [0.2, 0.25) is 0 Å². The van der Waals surface area contributed by atoms with Gasteiger partial charge in [-0.05, 0) is 33.1 Å². The molecule has 2 atom stereocenters. The van der Waals surface area contributed by atoms with E-state index in [-0.39, 0.29) is 18.1 Å². The topological polar surface area (TPSA) is 79.3 Å². The van der Waals surface area contributed by atoms with Crippen molar-refractivity contribution in [3.63, 3.8) is 0 Å². The van der Waals surface area contributed by atoms with E-state index in [9.17, 15) is 4.79 Å². The molecule has 1 amide bonds. The summed E-state index contributed by atoms with van der Waals surface area (Å²) in [7, 11) is 0. The molecule has 1 aliphatic rings. The predicted octanol–water partition coefficient (Wildman–Crippen LogP) is 1.48. The number of likely N-dealkylation sites (tertiary alicyclic amines) is 1. The van der Waals surface area contributed by atoms with Gasteiger partial charge in [-0.15, -0.1) is 0 Å². The fraction of sp³-hybridized carbons (Fsp3) is 0.833. The number of hydrogen-bond donors (Lipinski definition) is 1. The molecule has 17 heavy (non-hydrogen) atoms. The number of nitrogens with zero attached hydrogens (tertiary/aromatic N) is 2. The fourth-order valence-corrected chi connectivity index (χ4v) is 1.89. The van der Waals surface area contributed by atoms with Crippen LogP contribution in [0.3, 0.4) is 0 Å². The molecule has 0 unspecified atom stereocenters. The Morgan fingerprint density at radius 1 is 1.59 bits per heavy atom. The first-order valence-electron chi connectivity index (χ1n) is 5.94. The molecule has 0 aromatic rings. The minimum Gasteiger partial charge on any atom is -0.444 e. The van der Waals surface area contributed by atoms with Crippen LogP contribution < -0.4 is 5.73 Å². The van der Waals surface area contributed by atoms with Crippen molar-refractivity contribution in [2.75, 3.05) is 13.1 Å².